The number of ether oxygens (including phenoxy) is 1. The monoisotopic (exact) mass is 633 g/mol. The van der Waals surface area contributed by atoms with Gasteiger partial charge >= 0.3 is 142 Å². The van der Waals surface area contributed by atoms with E-state index >= 15 is 0 Å². The van der Waals surface area contributed by atoms with Crippen molar-refractivity contribution < 1.29 is 180 Å². The summed E-state index contributed by atoms with van der Waals surface area (Å²) in [6, 6.07) is 0. The van der Waals surface area contributed by atoms with Gasteiger partial charge < -0.3 is 40.3 Å². The van der Waals surface area contributed by atoms with Crippen molar-refractivity contribution in [3.8, 4) is 0 Å². The summed E-state index contributed by atoms with van der Waals surface area (Å²) in [4.78, 5) is 47.2. The van der Waals surface area contributed by atoms with Crippen molar-refractivity contribution in [1.82, 2.24) is 19.5 Å². The maximum Gasteiger partial charge on any atom is 1.00 e. The van der Waals surface area contributed by atoms with E-state index in [1.165, 1.54) is 0 Å². The summed E-state index contributed by atoms with van der Waals surface area (Å²) in [5.41, 5.74) is 5.83. The number of rotatable bonds is 8. The Morgan fingerprint density at radius 1 is 1.00 bits per heavy atom. The van der Waals surface area contributed by atoms with Gasteiger partial charge in [-0.25, -0.2) is 18.7 Å². The maximum atomic E-state index is 11.8. The van der Waals surface area contributed by atoms with Gasteiger partial charge in [0.05, 0.1) is 12.9 Å². The number of nitrogen functional groups attached to an aromatic ring is 1. The first-order valence-corrected chi connectivity index (χ1v) is 12.9. The second-order valence-electron chi connectivity index (χ2n) is 6.13. The number of hydrogen-bond donors (Lipinski definition) is 7. The van der Waals surface area contributed by atoms with Gasteiger partial charge in [-0.2, -0.15) is 18.6 Å². The minimum atomic E-state index is -5.72. The normalized spacial score (nSPS) is 24.9. The molecule has 180 valence electrons. The Balaban J connectivity index is 0. The largest absolute Gasteiger partial charge is 1.00 e. The van der Waals surface area contributed by atoms with Crippen LogP contribution in [0, 0.1) is 0 Å². The van der Waals surface area contributed by atoms with E-state index in [1.54, 1.807) is 0 Å². The molecule has 0 aliphatic carbocycles. The van der Waals surface area contributed by atoms with Gasteiger partial charge in [-0.15, -0.1) is 0 Å². The average Bonchev–Trinajstić information content (AvgIpc) is 3.12. The Labute approximate surface area is 295 Å². The zero-order chi connectivity index (χ0) is 24.1. The SMILES string of the molecule is Nc1nc(Cl)nc2c1ncn2[C@@H]1O[C@H](COP(=O)(O)OP(=O)(O)OP(=O)(O)O)[C@@H](O)[C@H]1O.[Na+].[Na+].[Na+].[Na+]. The van der Waals surface area contributed by atoms with Gasteiger partial charge in [-0.3, -0.25) is 9.09 Å². The van der Waals surface area contributed by atoms with E-state index in [2.05, 4.69) is 28.1 Å². The van der Waals surface area contributed by atoms with Crippen LogP contribution in [-0.4, -0.2) is 74.2 Å². The third-order valence-corrected chi connectivity index (χ3v) is 7.82. The van der Waals surface area contributed by atoms with Gasteiger partial charge in [0.15, 0.2) is 17.7 Å². The number of fused-ring (bicyclic) bond motifs is 1. The zero-order valence-corrected chi connectivity index (χ0v) is 30.7. The molecule has 1 saturated heterocycles. The minimum absolute atomic E-state index is 0. The van der Waals surface area contributed by atoms with Crippen molar-refractivity contribution in [2.45, 2.75) is 24.5 Å². The molecule has 8 N–H and O–H groups in total. The molecule has 0 radical (unpaired) electrons. The molecule has 26 heteroatoms. The molecular formula is C10H15ClN5Na4O13P3+4. The number of aliphatic hydroxyl groups is 2. The molecule has 0 saturated carbocycles. The van der Waals surface area contributed by atoms with Crippen LogP contribution >= 0.6 is 35.1 Å². The Hall–Kier alpha value is 2.93. The van der Waals surface area contributed by atoms with Crippen molar-refractivity contribution in [2.24, 2.45) is 0 Å². The zero-order valence-electron chi connectivity index (χ0n) is 19.2. The van der Waals surface area contributed by atoms with Crippen LogP contribution in [0.3, 0.4) is 0 Å². The van der Waals surface area contributed by atoms with Crippen LogP contribution in [0.5, 0.6) is 0 Å². The van der Waals surface area contributed by atoms with Crippen molar-refractivity contribution in [1.29, 1.82) is 0 Å². The second kappa shape index (κ2) is 16.0. The summed E-state index contributed by atoms with van der Waals surface area (Å²) in [7, 11) is -16.7. The molecule has 1 aliphatic rings. The maximum absolute atomic E-state index is 11.8. The van der Waals surface area contributed by atoms with E-state index in [4.69, 9.17) is 36.8 Å². The van der Waals surface area contributed by atoms with Crippen molar-refractivity contribution in [3.63, 3.8) is 0 Å². The second-order valence-corrected chi connectivity index (χ2v) is 10.9. The fourth-order valence-electron chi connectivity index (χ4n) is 2.66. The first kappa shape index (κ1) is 41.1. The molecule has 3 heterocycles. The van der Waals surface area contributed by atoms with Gasteiger partial charge in [0, 0.05) is 0 Å². The van der Waals surface area contributed by atoms with Gasteiger partial charge in [-0.05, 0) is 11.6 Å². The molecule has 1 aliphatic heterocycles. The number of halogens is 1. The minimum Gasteiger partial charge on any atom is -0.387 e. The topological polar surface area (TPSA) is 279 Å². The molecule has 1 fully saturated rings. The van der Waals surface area contributed by atoms with E-state index in [1.807, 2.05) is 0 Å². The van der Waals surface area contributed by atoms with Gasteiger partial charge in [0.2, 0.25) is 5.28 Å². The molecular weight excluding hydrogens is 618 g/mol. The fraction of sp³-hybridized carbons (Fsp3) is 0.500. The molecule has 3 rings (SSSR count). The molecule has 6 atom stereocenters. The van der Waals surface area contributed by atoms with E-state index in [0.717, 1.165) is 10.9 Å². The van der Waals surface area contributed by atoms with Crippen LogP contribution < -0.4 is 124 Å². The first-order valence-electron chi connectivity index (χ1n) is 8.04. The summed E-state index contributed by atoms with van der Waals surface area (Å²) in [6.45, 7) is -0.983. The molecule has 0 bridgehead atoms. The molecule has 0 aromatic carbocycles. The molecule has 0 amide bonds. The van der Waals surface area contributed by atoms with Crippen LogP contribution in [0.2, 0.25) is 5.28 Å². The number of nitrogens with two attached hydrogens (primary N) is 1. The summed E-state index contributed by atoms with van der Waals surface area (Å²) < 4.78 is 51.9. The van der Waals surface area contributed by atoms with Crippen LogP contribution in [0.1, 0.15) is 6.23 Å². The molecule has 0 spiro atoms. The van der Waals surface area contributed by atoms with Gasteiger partial charge in [-0.1, -0.05) is 0 Å². The summed E-state index contributed by atoms with van der Waals surface area (Å²) in [5.74, 6) is -0.0732. The van der Waals surface area contributed by atoms with Gasteiger partial charge in [0.25, 0.3) is 0 Å². The quantitative estimate of drug-likeness (QED) is 0.0807. The predicted octanol–water partition coefficient (Wildman–Crippen LogP) is -13.0. The van der Waals surface area contributed by atoms with E-state index in [9.17, 15) is 28.8 Å². The van der Waals surface area contributed by atoms with Crippen molar-refractivity contribution in [3.05, 3.63) is 11.6 Å². The number of phosphoric acid groups is 3. The first-order chi connectivity index (χ1) is 14.6. The number of anilines is 1. The van der Waals surface area contributed by atoms with E-state index < -0.39 is 54.6 Å². The summed E-state index contributed by atoms with van der Waals surface area (Å²) in [6.07, 6.45) is -5.05. The third kappa shape index (κ3) is 11.0. The molecule has 2 aromatic heterocycles. The molecule has 2 aromatic rings. The molecule has 18 nitrogen and oxygen atoms in total. The number of phosphoric ester groups is 1. The number of nitrogens with zero attached hydrogens (tertiary/aromatic N) is 4. The van der Waals surface area contributed by atoms with Crippen LogP contribution in [0.15, 0.2) is 6.33 Å². The summed E-state index contributed by atoms with van der Waals surface area (Å²) >= 11 is 5.75. The number of imidazole rings is 1. The Morgan fingerprint density at radius 3 is 2.14 bits per heavy atom. The molecule has 2 unspecified atom stereocenters. The Bertz CT molecular complexity index is 1170. The Kier molecular flexibility index (Phi) is 18.2. The number of aliphatic hydroxyl groups excluding tert-OH is 2. The van der Waals surface area contributed by atoms with Crippen LogP contribution in [0.4, 0.5) is 5.82 Å². The smallest absolute Gasteiger partial charge is 0.387 e. The number of aromatic nitrogens is 4. The van der Waals surface area contributed by atoms with Crippen molar-refractivity contribution >= 4 is 52.1 Å². The summed E-state index contributed by atoms with van der Waals surface area (Å²) in [5, 5.41) is 20.2. The fourth-order valence-corrected chi connectivity index (χ4v) is 5.87. The van der Waals surface area contributed by atoms with Crippen LogP contribution in [-0.2, 0) is 31.6 Å². The average molecular weight is 634 g/mol. The Morgan fingerprint density at radius 2 is 1.58 bits per heavy atom. The standard InChI is InChI=1S/C10H15ClN5O13P3.4Na/c11-10-14-7(12)4-8(15-10)16(2-13-4)9-6(18)5(17)3(27-9)1-26-31(22,23)29-32(24,25)28-30(19,20)21;;;;/h2-3,5-6,9,17-18H,1H2,(H,22,23)(H,24,25)(H2,12,14,15)(H2,19,20,21);;;;/q;4*+1/t3-,5-,6-,9-;;;;/m1..../s1. The van der Waals surface area contributed by atoms with E-state index in [-0.39, 0.29) is 140 Å². The van der Waals surface area contributed by atoms with Crippen LogP contribution in [0.25, 0.3) is 11.2 Å². The van der Waals surface area contributed by atoms with Crippen molar-refractivity contribution in [2.75, 3.05) is 12.3 Å². The van der Waals surface area contributed by atoms with E-state index in [0.29, 0.717) is 0 Å². The number of hydrogen-bond acceptors (Lipinski definition) is 13. The van der Waals surface area contributed by atoms with Gasteiger partial charge in [0.1, 0.15) is 23.8 Å². The third-order valence-electron chi connectivity index (χ3n) is 3.85. The molecule has 36 heavy (non-hydrogen) atoms. The predicted molar refractivity (Wildman–Crippen MR) is 100 cm³/mol.